The van der Waals surface area contributed by atoms with Crippen molar-refractivity contribution in [2.75, 3.05) is 10.8 Å². The molecule has 0 aliphatic rings. The van der Waals surface area contributed by atoms with Crippen LogP contribution in [0.5, 0.6) is 0 Å². The van der Waals surface area contributed by atoms with Crippen molar-refractivity contribution in [1.29, 1.82) is 0 Å². The van der Waals surface area contributed by atoms with Crippen LogP contribution in [-0.2, 0) is 21.4 Å². The van der Waals surface area contributed by atoms with Crippen molar-refractivity contribution in [3.05, 3.63) is 76.7 Å². The number of aryl methyl sites for hydroxylation is 4. The summed E-state index contributed by atoms with van der Waals surface area (Å²) in [7, 11) is -4.05. The molecule has 0 bridgehead atoms. The summed E-state index contributed by atoms with van der Waals surface area (Å²) in [6, 6.07) is 14.7. The Bertz CT molecular complexity index is 1110. The number of sulfonamides is 1. The van der Waals surface area contributed by atoms with E-state index in [1.165, 1.54) is 6.92 Å². The van der Waals surface area contributed by atoms with Crippen LogP contribution in [-0.4, -0.2) is 26.0 Å². The summed E-state index contributed by atoms with van der Waals surface area (Å²) < 4.78 is 33.0. The molecule has 2 aromatic carbocycles. The highest BCUT2D eigenvalue weighted by Gasteiger charge is 2.32. The van der Waals surface area contributed by atoms with E-state index in [0.29, 0.717) is 12.2 Å². The van der Waals surface area contributed by atoms with Gasteiger partial charge in [0.2, 0.25) is 5.91 Å². The maximum absolute atomic E-state index is 13.4. The maximum Gasteiger partial charge on any atom is 0.270 e. The van der Waals surface area contributed by atoms with Crippen LogP contribution in [0.1, 0.15) is 28.1 Å². The fourth-order valence-electron chi connectivity index (χ4n) is 3.07. The molecule has 0 aliphatic heterocycles. The molecule has 0 radical (unpaired) electrons. The molecule has 0 unspecified atom stereocenters. The summed E-state index contributed by atoms with van der Waals surface area (Å²) in [5.74, 6) is -0.226. The van der Waals surface area contributed by atoms with Crippen LogP contribution in [0.15, 0.2) is 57.9 Å². The van der Waals surface area contributed by atoms with Gasteiger partial charge in [-0.15, -0.1) is 0 Å². The van der Waals surface area contributed by atoms with E-state index in [4.69, 9.17) is 4.52 Å². The molecule has 1 heterocycles. The monoisotopic (exact) mass is 427 g/mol. The number of anilines is 1. The van der Waals surface area contributed by atoms with Gasteiger partial charge in [-0.2, -0.15) is 0 Å². The molecule has 0 saturated heterocycles. The van der Waals surface area contributed by atoms with Crippen LogP contribution in [0.3, 0.4) is 0 Å². The Hall–Kier alpha value is -3.13. The highest BCUT2D eigenvalue weighted by atomic mass is 32.2. The summed E-state index contributed by atoms with van der Waals surface area (Å²) in [5.41, 5.74) is 3.69. The molecular weight excluding hydrogens is 402 g/mol. The Balaban J connectivity index is 1.87. The van der Waals surface area contributed by atoms with Crippen molar-refractivity contribution in [2.24, 2.45) is 0 Å². The van der Waals surface area contributed by atoms with Crippen LogP contribution >= 0.6 is 0 Å². The van der Waals surface area contributed by atoms with Crippen molar-refractivity contribution in [3.8, 4) is 0 Å². The smallest absolute Gasteiger partial charge is 0.270 e. The first kappa shape index (κ1) is 21.6. The number of rotatable bonds is 7. The molecule has 0 spiro atoms. The lowest BCUT2D eigenvalue weighted by Crippen LogP contribution is -2.41. The lowest BCUT2D eigenvalue weighted by atomic mass is 10.1. The number of nitrogens with zero attached hydrogens (tertiary/aromatic N) is 2. The number of carbonyl (C=O) groups is 1. The van der Waals surface area contributed by atoms with E-state index < -0.39 is 15.9 Å². The minimum Gasteiger partial charge on any atom is -0.360 e. The molecule has 0 fully saturated rings. The molecule has 0 atom stereocenters. The Kier molecular flexibility index (Phi) is 6.26. The summed E-state index contributed by atoms with van der Waals surface area (Å²) in [6.45, 7) is 6.95. The number of nitrogens with one attached hydrogen (secondary N) is 1. The Labute approximate surface area is 176 Å². The first-order valence-electron chi connectivity index (χ1n) is 9.53. The first-order valence-corrected chi connectivity index (χ1v) is 11.0. The van der Waals surface area contributed by atoms with Gasteiger partial charge in [0.1, 0.15) is 12.2 Å². The van der Waals surface area contributed by atoms with E-state index in [0.717, 1.165) is 21.0 Å². The molecule has 1 N–H and O–H groups in total. The SMILES string of the molecule is Cc1ccc(CNC(=O)CN(c2ccc(C)cc2)S(=O)(=O)c2c(C)noc2C)cc1. The van der Waals surface area contributed by atoms with Gasteiger partial charge in [-0.3, -0.25) is 9.10 Å². The van der Waals surface area contributed by atoms with Gasteiger partial charge in [0.05, 0.1) is 5.69 Å². The lowest BCUT2D eigenvalue weighted by Gasteiger charge is -2.24. The Morgan fingerprint density at radius 2 is 1.53 bits per heavy atom. The molecule has 30 heavy (non-hydrogen) atoms. The molecule has 158 valence electrons. The molecule has 3 rings (SSSR count). The number of benzene rings is 2. The van der Waals surface area contributed by atoms with Gasteiger partial charge in [-0.1, -0.05) is 52.7 Å². The zero-order chi connectivity index (χ0) is 21.9. The van der Waals surface area contributed by atoms with Gasteiger partial charge in [0.25, 0.3) is 10.0 Å². The summed E-state index contributed by atoms with van der Waals surface area (Å²) in [4.78, 5) is 12.6. The number of amides is 1. The summed E-state index contributed by atoms with van der Waals surface area (Å²) >= 11 is 0. The van der Waals surface area contributed by atoms with E-state index in [-0.39, 0.29) is 22.9 Å². The van der Waals surface area contributed by atoms with Gasteiger partial charge in [-0.05, 0) is 45.4 Å². The van der Waals surface area contributed by atoms with E-state index in [9.17, 15) is 13.2 Å². The fourth-order valence-corrected chi connectivity index (χ4v) is 4.79. The topological polar surface area (TPSA) is 92.5 Å². The van der Waals surface area contributed by atoms with Crippen LogP contribution in [0.2, 0.25) is 0 Å². The molecule has 8 heteroatoms. The maximum atomic E-state index is 13.4. The van der Waals surface area contributed by atoms with Gasteiger partial charge in [0.15, 0.2) is 10.7 Å². The second-order valence-electron chi connectivity index (χ2n) is 7.26. The summed E-state index contributed by atoms with van der Waals surface area (Å²) in [5, 5.41) is 6.55. The van der Waals surface area contributed by atoms with Crippen molar-refractivity contribution >= 4 is 21.6 Å². The standard InChI is InChI=1S/C22H25N3O4S/c1-15-5-9-19(10-6-15)13-23-21(26)14-25(20-11-7-16(2)8-12-20)30(27,28)22-17(3)24-29-18(22)4/h5-12H,13-14H2,1-4H3,(H,23,26). The van der Waals surface area contributed by atoms with Crippen LogP contribution in [0.25, 0.3) is 0 Å². The van der Waals surface area contributed by atoms with Crippen molar-refractivity contribution < 1.29 is 17.7 Å². The average molecular weight is 428 g/mol. The third-order valence-electron chi connectivity index (χ3n) is 4.74. The zero-order valence-electron chi connectivity index (χ0n) is 17.5. The van der Waals surface area contributed by atoms with E-state index in [1.807, 2.05) is 38.1 Å². The average Bonchev–Trinajstić information content (AvgIpc) is 3.05. The quantitative estimate of drug-likeness (QED) is 0.624. The molecule has 0 saturated carbocycles. The predicted molar refractivity (Wildman–Crippen MR) is 115 cm³/mol. The minimum absolute atomic E-state index is 0.0191. The third kappa shape index (κ3) is 4.71. The van der Waals surface area contributed by atoms with Gasteiger partial charge < -0.3 is 9.84 Å². The number of hydrogen-bond acceptors (Lipinski definition) is 5. The fraction of sp³-hybridized carbons (Fsp3) is 0.273. The molecule has 1 aromatic heterocycles. The Morgan fingerprint density at radius 3 is 2.07 bits per heavy atom. The second-order valence-corrected chi connectivity index (χ2v) is 9.06. The lowest BCUT2D eigenvalue weighted by molar-refractivity contribution is -0.119. The normalized spacial score (nSPS) is 11.3. The van der Waals surface area contributed by atoms with Crippen LogP contribution in [0, 0.1) is 27.7 Å². The number of hydrogen-bond donors (Lipinski definition) is 1. The number of aromatic nitrogens is 1. The van der Waals surface area contributed by atoms with Gasteiger partial charge in [0, 0.05) is 6.54 Å². The van der Waals surface area contributed by atoms with Gasteiger partial charge in [-0.25, -0.2) is 8.42 Å². The molecule has 7 nitrogen and oxygen atoms in total. The highest BCUT2D eigenvalue weighted by molar-refractivity contribution is 7.93. The zero-order valence-corrected chi connectivity index (χ0v) is 18.3. The first-order chi connectivity index (χ1) is 14.2. The second kappa shape index (κ2) is 8.71. The van der Waals surface area contributed by atoms with Crippen molar-refractivity contribution in [2.45, 2.75) is 39.1 Å². The molecule has 1 amide bonds. The van der Waals surface area contributed by atoms with Crippen LogP contribution < -0.4 is 9.62 Å². The molecular formula is C22H25N3O4S. The van der Waals surface area contributed by atoms with Gasteiger partial charge >= 0.3 is 0 Å². The minimum atomic E-state index is -4.05. The summed E-state index contributed by atoms with van der Waals surface area (Å²) in [6.07, 6.45) is 0. The Morgan fingerprint density at radius 1 is 0.967 bits per heavy atom. The highest BCUT2D eigenvalue weighted by Crippen LogP contribution is 2.28. The van der Waals surface area contributed by atoms with Crippen molar-refractivity contribution in [1.82, 2.24) is 10.5 Å². The van der Waals surface area contributed by atoms with E-state index in [2.05, 4.69) is 10.5 Å². The van der Waals surface area contributed by atoms with E-state index >= 15 is 0 Å². The van der Waals surface area contributed by atoms with Crippen LogP contribution in [0.4, 0.5) is 5.69 Å². The third-order valence-corrected chi connectivity index (χ3v) is 6.75. The molecule has 0 aliphatic carbocycles. The molecule has 3 aromatic rings. The number of carbonyl (C=O) groups excluding carboxylic acids is 1. The van der Waals surface area contributed by atoms with Crippen molar-refractivity contribution in [3.63, 3.8) is 0 Å². The van der Waals surface area contributed by atoms with E-state index in [1.54, 1.807) is 31.2 Å². The predicted octanol–water partition coefficient (Wildman–Crippen LogP) is 3.42. The largest absolute Gasteiger partial charge is 0.360 e.